The number of nitrogens with zero attached hydrogens (tertiary/aromatic N) is 3. The lowest BCUT2D eigenvalue weighted by atomic mass is 9.96. The van der Waals surface area contributed by atoms with Crippen LogP contribution in [0.5, 0.6) is 0 Å². The van der Waals surface area contributed by atoms with Crippen molar-refractivity contribution in [2.45, 2.75) is 12.8 Å². The Balaban J connectivity index is 1.50. The Morgan fingerprint density at radius 3 is 2.64 bits per heavy atom. The van der Waals surface area contributed by atoms with E-state index in [0.29, 0.717) is 25.2 Å². The maximum Gasteiger partial charge on any atom is 0.288 e. The summed E-state index contributed by atoms with van der Waals surface area (Å²) in [7, 11) is 0. The number of benzene rings is 1. The molecule has 8 nitrogen and oxygen atoms in total. The van der Waals surface area contributed by atoms with Crippen molar-refractivity contribution in [1.29, 1.82) is 0 Å². The molecule has 0 radical (unpaired) electrons. The minimum Gasteiger partial charge on any atom is -0.352 e. The van der Waals surface area contributed by atoms with Crippen molar-refractivity contribution in [2.24, 2.45) is 5.92 Å². The van der Waals surface area contributed by atoms with Crippen LogP contribution in [0.2, 0.25) is 5.02 Å². The summed E-state index contributed by atoms with van der Waals surface area (Å²) in [6.45, 7) is 1.67. The number of nitrogens with one attached hydrogen (secondary N) is 1. The van der Waals surface area contributed by atoms with Crippen LogP contribution in [0.3, 0.4) is 0 Å². The second-order valence-corrected chi connectivity index (χ2v) is 7.02. The van der Waals surface area contributed by atoms with E-state index in [4.69, 9.17) is 11.6 Å². The van der Waals surface area contributed by atoms with Gasteiger partial charge in [-0.1, -0.05) is 11.6 Å². The fraction of sp³-hybridized carbons (Fsp3) is 0.316. The molecule has 1 aromatic heterocycles. The predicted molar refractivity (Wildman–Crippen MR) is 103 cm³/mol. The fourth-order valence-electron chi connectivity index (χ4n) is 3.14. The first-order valence-electron chi connectivity index (χ1n) is 8.87. The van der Waals surface area contributed by atoms with Crippen molar-refractivity contribution in [3.63, 3.8) is 0 Å². The van der Waals surface area contributed by atoms with Crippen molar-refractivity contribution in [3.8, 4) is 0 Å². The highest BCUT2D eigenvalue weighted by atomic mass is 35.5. The van der Waals surface area contributed by atoms with E-state index < -0.39 is 4.92 Å². The van der Waals surface area contributed by atoms with Crippen molar-refractivity contribution in [1.82, 2.24) is 15.2 Å². The summed E-state index contributed by atoms with van der Waals surface area (Å²) in [4.78, 5) is 40.8. The van der Waals surface area contributed by atoms with E-state index in [-0.39, 0.29) is 34.0 Å². The second kappa shape index (κ2) is 8.79. The van der Waals surface area contributed by atoms with Gasteiger partial charge in [-0.25, -0.2) is 0 Å². The number of carbonyl (C=O) groups is 2. The van der Waals surface area contributed by atoms with Crippen LogP contribution in [0.15, 0.2) is 42.7 Å². The summed E-state index contributed by atoms with van der Waals surface area (Å²) in [6, 6.07) is 7.45. The Morgan fingerprint density at radius 1 is 1.25 bits per heavy atom. The molecule has 1 aliphatic rings. The average molecular weight is 403 g/mol. The highest BCUT2D eigenvalue weighted by Gasteiger charge is 2.24. The lowest BCUT2D eigenvalue weighted by Crippen LogP contribution is -2.41. The van der Waals surface area contributed by atoms with Gasteiger partial charge in [-0.3, -0.25) is 24.7 Å². The third-order valence-corrected chi connectivity index (χ3v) is 5.09. The van der Waals surface area contributed by atoms with Gasteiger partial charge < -0.3 is 10.2 Å². The number of nitro benzene ring substituents is 1. The van der Waals surface area contributed by atoms with Gasteiger partial charge in [0.2, 0.25) is 0 Å². The number of pyridine rings is 1. The van der Waals surface area contributed by atoms with Gasteiger partial charge in [0.15, 0.2) is 0 Å². The number of nitro groups is 1. The number of rotatable bonds is 5. The van der Waals surface area contributed by atoms with E-state index >= 15 is 0 Å². The van der Waals surface area contributed by atoms with Crippen LogP contribution in [0, 0.1) is 16.0 Å². The predicted octanol–water partition coefficient (Wildman–Crippen LogP) is 2.93. The smallest absolute Gasteiger partial charge is 0.288 e. The Morgan fingerprint density at radius 2 is 2.00 bits per heavy atom. The third-order valence-electron chi connectivity index (χ3n) is 4.77. The molecule has 0 atom stereocenters. The number of halogens is 1. The first-order chi connectivity index (χ1) is 13.5. The Kier molecular flexibility index (Phi) is 6.20. The van der Waals surface area contributed by atoms with Gasteiger partial charge in [-0.2, -0.15) is 0 Å². The molecule has 2 aromatic rings. The zero-order valence-corrected chi connectivity index (χ0v) is 15.8. The second-order valence-electron chi connectivity index (χ2n) is 6.61. The number of hydrogen-bond acceptors (Lipinski definition) is 5. The van der Waals surface area contributed by atoms with Gasteiger partial charge in [0.05, 0.1) is 10.5 Å². The van der Waals surface area contributed by atoms with Crippen LogP contribution >= 0.6 is 11.6 Å². The fourth-order valence-corrected chi connectivity index (χ4v) is 3.33. The average Bonchev–Trinajstić information content (AvgIpc) is 2.72. The third kappa shape index (κ3) is 4.64. The minimum absolute atomic E-state index is 0.00722. The van der Waals surface area contributed by atoms with E-state index in [1.54, 1.807) is 29.4 Å². The maximum atomic E-state index is 12.4. The van der Waals surface area contributed by atoms with Crippen LogP contribution < -0.4 is 5.32 Å². The molecule has 0 aliphatic carbocycles. The first kappa shape index (κ1) is 19.8. The lowest BCUT2D eigenvalue weighted by Gasteiger charge is -2.32. The largest absolute Gasteiger partial charge is 0.352 e. The van der Waals surface area contributed by atoms with Gasteiger partial charge in [0.25, 0.3) is 17.5 Å². The molecule has 1 aromatic carbocycles. The van der Waals surface area contributed by atoms with E-state index in [2.05, 4.69) is 10.3 Å². The molecule has 9 heteroatoms. The molecule has 1 fully saturated rings. The number of carbonyl (C=O) groups excluding carboxylic acids is 2. The van der Waals surface area contributed by atoms with Crippen LogP contribution in [0.1, 0.15) is 33.6 Å². The van der Waals surface area contributed by atoms with Crippen molar-refractivity contribution < 1.29 is 14.5 Å². The SMILES string of the molecule is O=C(NCC1CCN(C(=O)c2cccnc2)CC1)c1ccc(Cl)c([N+](=O)[O-])c1. The van der Waals surface area contributed by atoms with Gasteiger partial charge in [0.1, 0.15) is 5.02 Å². The molecular weight excluding hydrogens is 384 g/mol. The van der Waals surface area contributed by atoms with Crippen molar-refractivity contribution in [3.05, 3.63) is 69.0 Å². The molecule has 0 bridgehead atoms. The first-order valence-corrected chi connectivity index (χ1v) is 9.25. The van der Waals surface area contributed by atoms with E-state index in [0.717, 1.165) is 12.8 Å². The van der Waals surface area contributed by atoms with Crippen LogP contribution in [0.4, 0.5) is 5.69 Å². The molecule has 0 spiro atoms. The molecular formula is C19H19ClN4O4. The Bertz CT molecular complexity index is 883. The lowest BCUT2D eigenvalue weighted by molar-refractivity contribution is -0.384. The minimum atomic E-state index is -0.617. The Labute approximate surface area is 166 Å². The number of hydrogen-bond donors (Lipinski definition) is 1. The summed E-state index contributed by atoms with van der Waals surface area (Å²) >= 11 is 5.77. The number of piperidine rings is 1. The molecule has 2 amide bonds. The molecule has 3 rings (SSSR count). The van der Waals surface area contributed by atoms with Crippen LogP contribution in [0.25, 0.3) is 0 Å². The highest BCUT2D eigenvalue weighted by molar-refractivity contribution is 6.32. The molecule has 28 heavy (non-hydrogen) atoms. The van der Waals surface area contributed by atoms with Gasteiger partial charge >= 0.3 is 0 Å². The normalized spacial score (nSPS) is 14.5. The van der Waals surface area contributed by atoms with Gasteiger partial charge in [-0.15, -0.1) is 0 Å². The summed E-state index contributed by atoms with van der Waals surface area (Å²) in [5.41, 5.74) is 0.468. The summed E-state index contributed by atoms with van der Waals surface area (Å²) < 4.78 is 0. The van der Waals surface area contributed by atoms with E-state index in [1.165, 1.54) is 18.2 Å². The molecule has 146 valence electrons. The molecule has 0 saturated carbocycles. The van der Waals surface area contributed by atoms with Crippen LogP contribution in [-0.2, 0) is 0 Å². The molecule has 0 unspecified atom stereocenters. The number of likely N-dealkylation sites (tertiary alicyclic amines) is 1. The van der Waals surface area contributed by atoms with Crippen molar-refractivity contribution >= 4 is 29.1 Å². The highest BCUT2D eigenvalue weighted by Crippen LogP contribution is 2.25. The van der Waals surface area contributed by atoms with E-state index in [9.17, 15) is 19.7 Å². The summed E-state index contributed by atoms with van der Waals surface area (Å²) in [6.07, 6.45) is 4.72. The number of amides is 2. The Hall–Kier alpha value is -3.00. The topological polar surface area (TPSA) is 105 Å². The zero-order chi connectivity index (χ0) is 20.1. The molecule has 2 heterocycles. The summed E-state index contributed by atoms with van der Waals surface area (Å²) in [5.74, 6) is -0.179. The maximum absolute atomic E-state index is 12.4. The molecule has 1 N–H and O–H groups in total. The zero-order valence-electron chi connectivity index (χ0n) is 15.0. The van der Waals surface area contributed by atoms with Gasteiger partial charge in [-0.05, 0) is 43.0 Å². The monoisotopic (exact) mass is 402 g/mol. The molecule has 1 saturated heterocycles. The number of aromatic nitrogens is 1. The quantitative estimate of drug-likeness (QED) is 0.611. The molecule has 1 aliphatic heterocycles. The van der Waals surface area contributed by atoms with Crippen molar-refractivity contribution in [2.75, 3.05) is 19.6 Å². The van der Waals surface area contributed by atoms with E-state index in [1.807, 2.05) is 0 Å². The van der Waals surface area contributed by atoms with Gasteiger partial charge in [0, 0.05) is 43.7 Å². The standard InChI is InChI=1S/C19H19ClN4O4/c20-16-4-3-14(10-17(16)24(27)28)18(25)22-11-13-5-8-23(9-6-13)19(26)15-2-1-7-21-12-15/h1-4,7,10,12-13H,5-6,8-9,11H2,(H,22,25). The summed E-state index contributed by atoms with van der Waals surface area (Å²) in [5, 5.41) is 13.7. The van der Waals surface area contributed by atoms with Crippen LogP contribution in [-0.4, -0.2) is 46.3 Å².